The van der Waals surface area contributed by atoms with Gasteiger partial charge >= 0.3 is 12.5 Å². The van der Waals surface area contributed by atoms with Gasteiger partial charge in [-0.05, 0) is 29.5 Å². The summed E-state index contributed by atoms with van der Waals surface area (Å²) >= 11 is 0. The Hall–Kier alpha value is -1.05. The minimum Gasteiger partial charge on any atom is -0.428 e. The number of alkyl halides is 4. The first-order chi connectivity index (χ1) is 9.93. The minimum atomic E-state index is -4.58. The van der Waals surface area contributed by atoms with Gasteiger partial charge < -0.3 is 15.6 Å². The fourth-order valence-corrected chi connectivity index (χ4v) is 1.72. The van der Waals surface area contributed by atoms with Crippen molar-refractivity contribution in [1.29, 1.82) is 0 Å². The van der Waals surface area contributed by atoms with Crippen molar-refractivity contribution in [2.75, 3.05) is 0 Å². The molecule has 0 aromatic heterocycles. The summed E-state index contributed by atoms with van der Waals surface area (Å²) in [7, 11) is 0. The maximum atomic E-state index is 12.9. The Morgan fingerprint density at radius 3 is 2.26 bits per heavy atom. The highest BCUT2D eigenvalue weighted by Crippen LogP contribution is 2.31. The summed E-state index contributed by atoms with van der Waals surface area (Å²) in [6, 6.07) is 4.74. The summed E-state index contributed by atoms with van der Waals surface area (Å²) < 4.78 is 54.0. The van der Waals surface area contributed by atoms with Crippen LogP contribution in [0.4, 0.5) is 17.6 Å². The third kappa shape index (κ3) is 6.53. The average molecular weight is 360 g/mol. The smallest absolute Gasteiger partial charge is 0.428 e. The molecule has 3 N–H and O–H groups in total. The first-order valence-electron chi connectivity index (χ1n) is 6.82. The zero-order chi connectivity index (χ0) is 17.1. The fraction of sp³-hybridized carbons (Fsp3) is 0.600. The monoisotopic (exact) mass is 359 g/mol. The van der Waals surface area contributed by atoms with E-state index in [-0.39, 0.29) is 35.8 Å². The molecule has 0 spiro atoms. The van der Waals surface area contributed by atoms with Gasteiger partial charge in [0.05, 0.1) is 6.10 Å². The molecule has 0 aliphatic rings. The molecule has 1 aromatic carbocycles. The number of ether oxygens (including phenoxy) is 1. The SMILES string of the molecule is CC(C)(C)[C@@H](N)C[C@@H](O)c1cccc(OC(F)(F)C(F)F)c1.Cl. The van der Waals surface area contributed by atoms with Crippen molar-refractivity contribution < 1.29 is 27.4 Å². The Labute approximate surface area is 139 Å². The van der Waals surface area contributed by atoms with Crippen molar-refractivity contribution in [1.82, 2.24) is 0 Å². The summed E-state index contributed by atoms with van der Waals surface area (Å²) in [5.41, 5.74) is 6.00. The summed E-state index contributed by atoms with van der Waals surface area (Å²) in [6.07, 6.45) is -9.31. The zero-order valence-electron chi connectivity index (χ0n) is 13.1. The van der Waals surface area contributed by atoms with Crippen LogP contribution in [0.1, 0.15) is 38.9 Å². The largest absolute Gasteiger partial charge is 0.461 e. The molecule has 0 fully saturated rings. The number of halogens is 5. The topological polar surface area (TPSA) is 55.5 Å². The van der Waals surface area contributed by atoms with Crippen LogP contribution in [0.2, 0.25) is 0 Å². The molecule has 1 aromatic rings. The van der Waals surface area contributed by atoms with Gasteiger partial charge in [0, 0.05) is 6.04 Å². The van der Waals surface area contributed by atoms with Crippen LogP contribution in [0.15, 0.2) is 24.3 Å². The second kappa shape index (κ2) is 8.17. The normalized spacial score (nSPS) is 15.0. The molecule has 0 saturated carbocycles. The summed E-state index contributed by atoms with van der Waals surface area (Å²) in [5, 5.41) is 10.1. The Morgan fingerprint density at radius 2 is 1.78 bits per heavy atom. The molecule has 1 rings (SSSR count). The molecule has 3 nitrogen and oxygen atoms in total. The molecule has 0 radical (unpaired) electrons. The highest BCUT2D eigenvalue weighted by molar-refractivity contribution is 5.85. The van der Waals surface area contributed by atoms with Crippen LogP contribution in [0.3, 0.4) is 0 Å². The van der Waals surface area contributed by atoms with Crippen LogP contribution in [0, 0.1) is 5.41 Å². The number of hydrogen-bond donors (Lipinski definition) is 2. The van der Waals surface area contributed by atoms with Crippen molar-refractivity contribution >= 4 is 12.4 Å². The zero-order valence-corrected chi connectivity index (χ0v) is 13.9. The van der Waals surface area contributed by atoms with Gasteiger partial charge in [-0.2, -0.15) is 17.6 Å². The first kappa shape index (κ1) is 21.9. The van der Waals surface area contributed by atoms with E-state index in [4.69, 9.17) is 5.73 Å². The molecule has 0 saturated heterocycles. The van der Waals surface area contributed by atoms with Crippen LogP contribution >= 0.6 is 12.4 Å². The third-order valence-electron chi connectivity index (χ3n) is 3.34. The molecule has 134 valence electrons. The average Bonchev–Trinajstić information content (AvgIpc) is 2.37. The molecule has 0 unspecified atom stereocenters. The van der Waals surface area contributed by atoms with Crippen molar-refractivity contribution in [3.63, 3.8) is 0 Å². The van der Waals surface area contributed by atoms with Crippen LogP contribution < -0.4 is 10.5 Å². The van der Waals surface area contributed by atoms with Gasteiger partial charge in [-0.1, -0.05) is 32.9 Å². The maximum Gasteiger partial charge on any atom is 0.461 e. The lowest BCUT2D eigenvalue weighted by Crippen LogP contribution is -2.36. The quantitative estimate of drug-likeness (QED) is 0.750. The number of hydrogen-bond acceptors (Lipinski definition) is 3. The summed E-state index contributed by atoms with van der Waals surface area (Å²) in [5.74, 6) is -0.439. The number of aliphatic hydroxyl groups excluding tert-OH is 1. The Kier molecular flexibility index (Phi) is 7.80. The first-order valence-corrected chi connectivity index (χ1v) is 6.82. The minimum absolute atomic E-state index is 0. The highest BCUT2D eigenvalue weighted by atomic mass is 35.5. The molecule has 8 heteroatoms. The van der Waals surface area contributed by atoms with E-state index in [2.05, 4.69) is 4.74 Å². The number of rotatable bonds is 6. The van der Waals surface area contributed by atoms with E-state index in [9.17, 15) is 22.7 Å². The van der Waals surface area contributed by atoms with Gasteiger partial charge in [0.15, 0.2) is 0 Å². The predicted molar refractivity (Wildman–Crippen MR) is 82.3 cm³/mol. The van der Waals surface area contributed by atoms with Crippen LogP contribution in [-0.4, -0.2) is 23.7 Å². The standard InChI is InChI=1S/C15H21F4NO2.ClH/c1-14(2,3)12(20)8-11(21)9-5-4-6-10(7-9)22-15(18,19)13(16)17;/h4-7,11-13,21H,8,20H2,1-3H3;1H/t11-,12+;/m1./s1. The Balaban J connectivity index is 0.00000484. The molecule has 2 atom stereocenters. The van der Waals surface area contributed by atoms with Gasteiger partial charge in [0.25, 0.3) is 0 Å². The van der Waals surface area contributed by atoms with E-state index in [1.165, 1.54) is 12.1 Å². The number of nitrogens with two attached hydrogens (primary N) is 1. The molecule has 0 aliphatic carbocycles. The van der Waals surface area contributed by atoms with E-state index in [0.717, 1.165) is 12.1 Å². The highest BCUT2D eigenvalue weighted by Gasteiger charge is 2.44. The van der Waals surface area contributed by atoms with Gasteiger partial charge in [-0.15, -0.1) is 12.4 Å². The van der Waals surface area contributed by atoms with Gasteiger partial charge in [-0.25, -0.2) is 0 Å². The van der Waals surface area contributed by atoms with E-state index in [0.29, 0.717) is 0 Å². The second-order valence-corrected chi connectivity index (χ2v) is 6.26. The summed E-state index contributed by atoms with van der Waals surface area (Å²) in [4.78, 5) is 0. The molecular weight excluding hydrogens is 338 g/mol. The fourth-order valence-electron chi connectivity index (χ4n) is 1.72. The Morgan fingerprint density at radius 1 is 1.22 bits per heavy atom. The predicted octanol–water partition coefficient (Wildman–Crippen LogP) is 4.14. The van der Waals surface area contributed by atoms with Crippen molar-refractivity contribution in [2.45, 2.75) is 51.9 Å². The van der Waals surface area contributed by atoms with Crippen LogP contribution in [0.5, 0.6) is 5.75 Å². The van der Waals surface area contributed by atoms with Gasteiger partial charge in [0.2, 0.25) is 0 Å². The van der Waals surface area contributed by atoms with Crippen molar-refractivity contribution in [3.05, 3.63) is 29.8 Å². The number of aliphatic hydroxyl groups is 1. The summed E-state index contributed by atoms with van der Waals surface area (Å²) in [6.45, 7) is 5.73. The molecule has 0 bridgehead atoms. The van der Waals surface area contributed by atoms with E-state index in [1.807, 2.05) is 20.8 Å². The van der Waals surface area contributed by atoms with Crippen LogP contribution in [-0.2, 0) is 0 Å². The van der Waals surface area contributed by atoms with Gasteiger partial charge in [-0.3, -0.25) is 0 Å². The van der Waals surface area contributed by atoms with E-state index < -0.39 is 24.4 Å². The van der Waals surface area contributed by atoms with Crippen LogP contribution in [0.25, 0.3) is 0 Å². The molecule has 0 aliphatic heterocycles. The lowest BCUT2D eigenvalue weighted by atomic mass is 9.83. The van der Waals surface area contributed by atoms with Gasteiger partial charge in [0.1, 0.15) is 5.75 Å². The van der Waals surface area contributed by atoms with Crippen molar-refractivity contribution in [3.8, 4) is 5.75 Å². The number of benzene rings is 1. The molecule has 0 heterocycles. The lowest BCUT2D eigenvalue weighted by molar-refractivity contribution is -0.253. The lowest BCUT2D eigenvalue weighted by Gasteiger charge is -2.29. The third-order valence-corrected chi connectivity index (χ3v) is 3.34. The Bertz CT molecular complexity index is 495. The molecular formula is C15H22ClF4NO2. The molecule has 23 heavy (non-hydrogen) atoms. The molecule has 0 amide bonds. The van der Waals surface area contributed by atoms with Crippen molar-refractivity contribution in [2.24, 2.45) is 11.1 Å². The van der Waals surface area contributed by atoms with E-state index >= 15 is 0 Å². The van der Waals surface area contributed by atoms with E-state index in [1.54, 1.807) is 0 Å². The second-order valence-electron chi connectivity index (χ2n) is 6.26. The maximum absolute atomic E-state index is 12.9.